The second-order valence-electron chi connectivity index (χ2n) is 5.61. The zero-order valence-corrected chi connectivity index (χ0v) is 11.5. The van der Waals surface area contributed by atoms with Gasteiger partial charge in [-0.15, -0.1) is 0 Å². The van der Waals surface area contributed by atoms with Crippen LogP contribution in [0.5, 0.6) is 0 Å². The summed E-state index contributed by atoms with van der Waals surface area (Å²) in [4.78, 5) is 4.19. The van der Waals surface area contributed by atoms with E-state index < -0.39 is 0 Å². The third-order valence-corrected chi connectivity index (χ3v) is 4.03. The minimum atomic E-state index is 0.504. The normalized spacial score (nSPS) is 22.7. The summed E-state index contributed by atoms with van der Waals surface area (Å²) in [6.07, 6.45) is 8.15. The zero-order chi connectivity index (χ0) is 13.7. The average Bonchev–Trinajstić information content (AvgIpc) is 2.42. The fraction of sp³-hybridized carbons (Fsp3) is 0.600. The summed E-state index contributed by atoms with van der Waals surface area (Å²) in [6.45, 7) is 3.25. The molecular weight excluding hydrogens is 236 g/mol. The van der Waals surface area contributed by atoms with Gasteiger partial charge >= 0.3 is 0 Å². The number of anilines is 2. The summed E-state index contributed by atoms with van der Waals surface area (Å²) in [5.41, 5.74) is 6.91. The molecule has 102 valence electrons. The van der Waals surface area contributed by atoms with Crippen LogP contribution in [0.2, 0.25) is 0 Å². The van der Waals surface area contributed by atoms with Crippen molar-refractivity contribution >= 4 is 11.5 Å². The maximum Gasteiger partial charge on any atom is 0.149 e. The number of hydrogen-bond acceptors (Lipinski definition) is 4. The summed E-state index contributed by atoms with van der Waals surface area (Å²) in [5.74, 6) is 2.44. The summed E-state index contributed by atoms with van der Waals surface area (Å²) < 4.78 is 0. The highest BCUT2D eigenvalue weighted by Gasteiger charge is 2.17. The van der Waals surface area contributed by atoms with Crippen LogP contribution in [0, 0.1) is 23.2 Å². The molecule has 19 heavy (non-hydrogen) atoms. The van der Waals surface area contributed by atoms with E-state index in [1.807, 2.05) is 6.07 Å². The first-order chi connectivity index (χ1) is 9.19. The molecule has 0 spiro atoms. The Bertz CT molecular complexity index is 456. The zero-order valence-electron chi connectivity index (χ0n) is 11.5. The minimum absolute atomic E-state index is 0.504. The van der Waals surface area contributed by atoms with E-state index in [1.165, 1.54) is 32.1 Å². The Morgan fingerprint density at radius 1 is 1.42 bits per heavy atom. The molecule has 2 rings (SSSR count). The molecule has 0 aliphatic heterocycles. The smallest absolute Gasteiger partial charge is 0.149 e. The number of nitrogens with two attached hydrogens (primary N) is 1. The first-order valence-corrected chi connectivity index (χ1v) is 7.08. The maximum absolute atomic E-state index is 8.75. The molecule has 0 atom stereocenters. The molecule has 1 fully saturated rings. The van der Waals surface area contributed by atoms with Crippen molar-refractivity contribution in [3.05, 3.63) is 17.8 Å². The predicted molar refractivity (Wildman–Crippen MR) is 77.6 cm³/mol. The highest BCUT2D eigenvalue weighted by molar-refractivity contribution is 5.62. The van der Waals surface area contributed by atoms with Crippen molar-refractivity contribution in [3.8, 4) is 6.07 Å². The molecule has 1 aromatic heterocycles. The van der Waals surface area contributed by atoms with Crippen LogP contribution in [0.25, 0.3) is 0 Å². The molecule has 1 aliphatic rings. The van der Waals surface area contributed by atoms with Crippen LogP contribution in [0.3, 0.4) is 0 Å². The molecule has 1 heterocycles. The molecule has 1 saturated carbocycles. The molecule has 0 radical (unpaired) electrons. The van der Waals surface area contributed by atoms with Gasteiger partial charge in [0.15, 0.2) is 0 Å². The van der Waals surface area contributed by atoms with Crippen LogP contribution in [0.4, 0.5) is 11.5 Å². The molecule has 3 N–H and O–H groups in total. The van der Waals surface area contributed by atoms with E-state index in [9.17, 15) is 0 Å². The number of nitrogens with zero attached hydrogens (tertiary/aromatic N) is 2. The van der Waals surface area contributed by atoms with Gasteiger partial charge in [0.2, 0.25) is 0 Å². The van der Waals surface area contributed by atoms with Gasteiger partial charge in [0.25, 0.3) is 0 Å². The van der Waals surface area contributed by atoms with Crippen LogP contribution >= 0.6 is 0 Å². The van der Waals surface area contributed by atoms with E-state index in [2.05, 4.69) is 17.2 Å². The lowest BCUT2D eigenvalue weighted by Crippen LogP contribution is -2.16. The molecule has 4 heteroatoms. The molecule has 1 aliphatic carbocycles. The Balaban J connectivity index is 1.78. The first-order valence-electron chi connectivity index (χ1n) is 7.08. The molecule has 0 aromatic carbocycles. The summed E-state index contributed by atoms with van der Waals surface area (Å²) in [7, 11) is 0. The number of nitriles is 1. The average molecular weight is 258 g/mol. The molecule has 1 aromatic rings. The number of pyridine rings is 1. The number of nitrogen functional groups attached to an aromatic ring is 1. The fourth-order valence-electron chi connectivity index (χ4n) is 2.70. The number of hydrogen-bond donors (Lipinski definition) is 2. The van der Waals surface area contributed by atoms with Crippen LogP contribution in [-0.2, 0) is 0 Å². The van der Waals surface area contributed by atoms with Crippen molar-refractivity contribution in [2.24, 2.45) is 11.8 Å². The maximum atomic E-state index is 8.75. The van der Waals surface area contributed by atoms with Gasteiger partial charge in [0.1, 0.15) is 11.9 Å². The second kappa shape index (κ2) is 6.42. The monoisotopic (exact) mass is 258 g/mol. The van der Waals surface area contributed by atoms with E-state index in [1.54, 1.807) is 12.3 Å². The van der Waals surface area contributed by atoms with E-state index in [4.69, 9.17) is 11.0 Å². The SMILES string of the molecule is CC1CCC(CCNc2ncc(C#N)cc2N)CC1. The molecule has 0 bridgehead atoms. The van der Waals surface area contributed by atoms with E-state index >= 15 is 0 Å². The van der Waals surface area contributed by atoms with Gasteiger partial charge in [0, 0.05) is 12.7 Å². The van der Waals surface area contributed by atoms with Crippen LogP contribution < -0.4 is 11.1 Å². The molecule has 0 unspecified atom stereocenters. The summed E-state index contributed by atoms with van der Waals surface area (Å²) >= 11 is 0. The topological polar surface area (TPSA) is 74.7 Å². The Kier molecular flexibility index (Phi) is 4.62. The molecule has 0 saturated heterocycles. The second-order valence-corrected chi connectivity index (χ2v) is 5.61. The summed E-state index contributed by atoms with van der Waals surface area (Å²) in [5, 5.41) is 12.0. The quantitative estimate of drug-likeness (QED) is 0.869. The van der Waals surface area contributed by atoms with Crippen molar-refractivity contribution in [1.29, 1.82) is 5.26 Å². The van der Waals surface area contributed by atoms with Crippen LogP contribution in [0.15, 0.2) is 12.3 Å². The highest BCUT2D eigenvalue weighted by Crippen LogP contribution is 2.30. The Morgan fingerprint density at radius 2 is 2.16 bits per heavy atom. The fourth-order valence-corrected chi connectivity index (χ4v) is 2.70. The highest BCUT2D eigenvalue weighted by atomic mass is 15.0. The molecule has 4 nitrogen and oxygen atoms in total. The van der Waals surface area contributed by atoms with Crippen molar-refractivity contribution < 1.29 is 0 Å². The van der Waals surface area contributed by atoms with Gasteiger partial charge in [-0.3, -0.25) is 0 Å². The van der Waals surface area contributed by atoms with E-state index in [0.717, 1.165) is 18.4 Å². The van der Waals surface area contributed by atoms with Crippen molar-refractivity contribution in [2.45, 2.75) is 39.0 Å². The number of nitrogens with one attached hydrogen (secondary N) is 1. The minimum Gasteiger partial charge on any atom is -0.396 e. The van der Waals surface area contributed by atoms with Gasteiger partial charge in [-0.25, -0.2) is 4.98 Å². The van der Waals surface area contributed by atoms with E-state index in [-0.39, 0.29) is 0 Å². The molecular formula is C15H22N4. The van der Waals surface area contributed by atoms with Gasteiger partial charge in [0.05, 0.1) is 11.3 Å². The summed E-state index contributed by atoms with van der Waals surface area (Å²) in [6, 6.07) is 3.70. The standard InChI is InChI=1S/C15H22N4/c1-11-2-4-12(5-3-11)6-7-18-15-14(17)8-13(9-16)10-19-15/h8,10-12H,2-7,17H2,1H3,(H,18,19). The third kappa shape index (κ3) is 3.85. The van der Waals surface area contributed by atoms with Crippen molar-refractivity contribution in [1.82, 2.24) is 4.98 Å². The Morgan fingerprint density at radius 3 is 2.79 bits per heavy atom. The largest absolute Gasteiger partial charge is 0.396 e. The Labute approximate surface area is 115 Å². The Hall–Kier alpha value is -1.76. The van der Waals surface area contributed by atoms with Crippen LogP contribution in [-0.4, -0.2) is 11.5 Å². The van der Waals surface area contributed by atoms with Crippen LogP contribution in [0.1, 0.15) is 44.6 Å². The third-order valence-electron chi connectivity index (χ3n) is 4.03. The van der Waals surface area contributed by atoms with Gasteiger partial charge in [-0.1, -0.05) is 32.6 Å². The van der Waals surface area contributed by atoms with Gasteiger partial charge in [-0.2, -0.15) is 5.26 Å². The number of aromatic nitrogens is 1. The lowest BCUT2D eigenvalue weighted by atomic mass is 9.81. The number of rotatable bonds is 4. The molecule has 0 amide bonds. The lowest BCUT2D eigenvalue weighted by Gasteiger charge is -2.26. The van der Waals surface area contributed by atoms with Gasteiger partial charge in [-0.05, 0) is 24.3 Å². The van der Waals surface area contributed by atoms with Crippen molar-refractivity contribution in [3.63, 3.8) is 0 Å². The lowest BCUT2D eigenvalue weighted by molar-refractivity contribution is 0.282. The van der Waals surface area contributed by atoms with E-state index in [0.29, 0.717) is 17.1 Å². The van der Waals surface area contributed by atoms with Gasteiger partial charge < -0.3 is 11.1 Å². The predicted octanol–water partition coefficient (Wildman–Crippen LogP) is 3.16. The van der Waals surface area contributed by atoms with Crippen molar-refractivity contribution in [2.75, 3.05) is 17.6 Å². The first kappa shape index (κ1) is 13.7.